The standard InChI is InChI=1S/C19H24N4O2/c24-18(21-22-10-4-2-5-11-22)14-8-9-15-16(13-14)20-17-7-3-1-6-12-23(17)19(15)25/h8-9,13H,1-7,10-12H2,(H,21,24). The normalized spacial score (nSPS) is 18.6. The van der Waals surface area contributed by atoms with Crippen LogP contribution in [-0.2, 0) is 13.0 Å². The second kappa shape index (κ2) is 6.96. The molecule has 0 atom stereocenters. The Hall–Kier alpha value is -2.21. The van der Waals surface area contributed by atoms with Crippen LogP contribution in [0.25, 0.3) is 10.9 Å². The number of hydrazine groups is 1. The highest BCUT2D eigenvalue weighted by molar-refractivity contribution is 5.97. The van der Waals surface area contributed by atoms with Gasteiger partial charge in [0, 0.05) is 31.6 Å². The Morgan fingerprint density at radius 3 is 2.60 bits per heavy atom. The van der Waals surface area contributed by atoms with E-state index in [0.29, 0.717) is 16.5 Å². The van der Waals surface area contributed by atoms with Gasteiger partial charge in [0.1, 0.15) is 5.82 Å². The van der Waals surface area contributed by atoms with Gasteiger partial charge in [-0.1, -0.05) is 12.8 Å². The van der Waals surface area contributed by atoms with E-state index < -0.39 is 0 Å². The molecule has 0 bridgehead atoms. The van der Waals surface area contributed by atoms with E-state index >= 15 is 0 Å². The lowest BCUT2D eigenvalue weighted by Gasteiger charge is -2.26. The van der Waals surface area contributed by atoms with Gasteiger partial charge in [-0.3, -0.25) is 19.6 Å². The average molecular weight is 340 g/mol. The lowest BCUT2D eigenvalue weighted by atomic mass is 10.1. The van der Waals surface area contributed by atoms with Crippen LogP contribution >= 0.6 is 0 Å². The Balaban J connectivity index is 1.65. The number of hydrogen-bond donors (Lipinski definition) is 1. The van der Waals surface area contributed by atoms with Crippen molar-refractivity contribution in [2.24, 2.45) is 0 Å². The van der Waals surface area contributed by atoms with E-state index in [4.69, 9.17) is 4.98 Å². The maximum Gasteiger partial charge on any atom is 0.265 e. The molecule has 0 radical (unpaired) electrons. The minimum atomic E-state index is -0.124. The smallest absolute Gasteiger partial charge is 0.265 e. The maximum atomic E-state index is 12.7. The van der Waals surface area contributed by atoms with E-state index in [2.05, 4.69) is 5.43 Å². The predicted octanol–water partition coefficient (Wildman–Crippen LogP) is 2.25. The molecule has 0 unspecified atom stereocenters. The molecule has 1 N–H and O–H groups in total. The minimum Gasteiger partial charge on any atom is -0.296 e. The van der Waals surface area contributed by atoms with Crippen molar-refractivity contribution in [1.29, 1.82) is 0 Å². The van der Waals surface area contributed by atoms with Crippen LogP contribution in [0.15, 0.2) is 23.0 Å². The molecule has 2 aromatic rings. The van der Waals surface area contributed by atoms with Gasteiger partial charge in [-0.25, -0.2) is 9.99 Å². The number of carbonyl (C=O) groups is 1. The minimum absolute atomic E-state index is 0.0184. The van der Waals surface area contributed by atoms with Crippen molar-refractivity contribution in [3.05, 3.63) is 39.9 Å². The van der Waals surface area contributed by atoms with Crippen molar-refractivity contribution >= 4 is 16.8 Å². The molecule has 132 valence electrons. The molecule has 1 aromatic carbocycles. The van der Waals surface area contributed by atoms with Crippen molar-refractivity contribution in [3.8, 4) is 0 Å². The summed E-state index contributed by atoms with van der Waals surface area (Å²) in [5.41, 5.74) is 4.18. The quantitative estimate of drug-likeness (QED) is 0.910. The first-order valence-electron chi connectivity index (χ1n) is 9.32. The summed E-state index contributed by atoms with van der Waals surface area (Å²) in [7, 11) is 0. The second-order valence-corrected chi connectivity index (χ2v) is 7.02. The zero-order chi connectivity index (χ0) is 17.2. The third-order valence-corrected chi connectivity index (χ3v) is 5.19. The van der Waals surface area contributed by atoms with Crippen LogP contribution in [0.2, 0.25) is 0 Å². The third kappa shape index (κ3) is 3.31. The number of rotatable bonds is 2. The summed E-state index contributed by atoms with van der Waals surface area (Å²) in [6.07, 6.45) is 7.49. The van der Waals surface area contributed by atoms with Gasteiger partial charge < -0.3 is 0 Å². The Labute approximate surface area is 146 Å². The van der Waals surface area contributed by atoms with Crippen molar-refractivity contribution in [3.63, 3.8) is 0 Å². The molecule has 1 saturated heterocycles. The predicted molar refractivity (Wildman–Crippen MR) is 96.4 cm³/mol. The van der Waals surface area contributed by atoms with Gasteiger partial charge in [0.25, 0.3) is 11.5 Å². The fourth-order valence-corrected chi connectivity index (χ4v) is 3.77. The van der Waals surface area contributed by atoms with Crippen molar-refractivity contribution in [2.45, 2.75) is 51.5 Å². The highest BCUT2D eigenvalue weighted by Crippen LogP contribution is 2.16. The van der Waals surface area contributed by atoms with Gasteiger partial charge >= 0.3 is 0 Å². The number of nitrogens with one attached hydrogen (secondary N) is 1. The lowest BCUT2D eigenvalue weighted by Crippen LogP contribution is -2.45. The summed E-state index contributed by atoms with van der Waals surface area (Å²) in [5.74, 6) is 0.726. The van der Waals surface area contributed by atoms with E-state index in [9.17, 15) is 9.59 Å². The number of aromatic nitrogens is 2. The van der Waals surface area contributed by atoms with E-state index in [0.717, 1.165) is 64.0 Å². The van der Waals surface area contributed by atoms with Crippen LogP contribution < -0.4 is 11.0 Å². The molecule has 1 fully saturated rings. The molecule has 4 rings (SSSR count). The third-order valence-electron chi connectivity index (χ3n) is 5.19. The molecule has 3 heterocycles. The molecule has 0 saturated carbocycles. The van der Waals surface area contributed by atoms with Crippen LogP contribution in [0, 0.1) is 0 Å². The number of piperidine rings is 1. The van der Waals surface area contributed by atoms with Crippen LogP contribution in [0.5, 0.6) is 0 Å². The van der Waals surface area contributed by atoms with Gasteiger partial charge in [0.15, 0.2) is 0 Å². The summed E-state index contributed by atoms with van der Waals surface area (Å²) in [6, 6.07) is 5.23. The number of amides is 1. The Bertz CT molecular complexity index is 852. The van der Waals surface area contributed by atoms with E-state index in [-0.39, 0.29) is 11.5 Å². The van der Waals surface area contributed by atoms with Crippen molar-refractivity contribution in [2.75, 3.05) is 13.1 Å². The van der Waals surface area contributed by atoms with Gasteiger partial charge in [-0.15, -0.1) is 0 Å². The van der Waals surface area contributed by atoms with Gasteiger partial charge in [0.2, 0.25) is 0 Å². The highest BCUT2D eigenvalue weighted by Gasteiger charge is 2.17. The fourth-order valence-electron chi connectivity index (χ4n) is 3.77. The van der Waals surface area contributed by atoms with Gasteiger partial charge in [-0.2, -0.15) is 0 Å². The number of hydrogen-bond acceptors (Lipinski definition) is 4. The van der Waals surface area contributed by atoms with Gasteiger partial charge in [0.05, 0.1) is 10.9 Å². The first-order valence-corrected chi connectivity index (χ1v) is 9.32. The summed E-state index contributed by atoms with van der Waals surface area (Å²) in [5, 5.41) is 2.58. The first-order chi connectivity index (χ1) is 12.2. The van der Waals surface area contributed by atoms with Crippen LogP contribution in [-0.4, -0.2) is 33.6 Å². The molecular weight excluding hydrogens is 316 g/mol. The van der Waals surface area contributed by atoms with E-state index in [1.54, 1.807) is 18.2 Å². The highest BCUT2D eigenvalue weighted by atomic mass is 16.2. The number of fused-ring (bicyclic) bond motifs is 2. The SMILES string of the molecule is O=C(NN1CCCCC1)c1ccc2c(=O)n3c(nc2c1)CCCCC3. The van der Waals surface area contributed by atoms with E-state index in [1.807, 2.05) is 9.58 Å². The first kappa shape index (κ1) is 16.3. The molecule has 6 nitrogen and oxygen atoms in total. The largest absolute Gasteiger partial charge is 0.296 e. The Morgan fingerprint density at radius 2 is 1.76 bits per heavy atom. The molecule has 1 amide bonds. The molecule has 2 aliphatic rings. The van der Waals surface area contributed by atoms with Crippen LogP contribution in [0.3, 0.4) is 0 Å². The topological polar surface area (TPSA) is 67.2 Å². The van der Waals surface area contributed by atoms with Crippen LogP contribution in [0.1, 0.15) is 54.7 Å². The fraction of sp³-hybridized carbons (Fsp3) is 0.526. The summed E-state index contributed by atoms with van der Waals surface area (Å²) in [6.45, 7) is 2.53. The molecule has 2 aliphatic heterocycles. The van der Waals surface area contributed by atoms with Crippen molar-refractivity contribution < 1.29 is 4.79 Å². The second-order valence-electron chi connectivity index (χ2n) is 7.02. The molecule has 1 aromatic heterocycles. The number of carbonyl (C=O) groups excluding carboxylic acids is 1. The molecule has 25 heavy (non-hydrogen) atoms. The average Bonchev–Trinajstić information content (AvgIpc) is 2.88. The number of aryl methyl sites for hydroxylation is 1. The van der Waals surface area contributed by atoms with Crippen molar-refractivity contribution in [1.82, 2.24) is 20.0 Å². The molecular formula is C19H24N4O2. The summed E-state index contributed by atoms with van der Waals surface area (Å²) < 4.78 is 1.81. The Morgan fingerprint density at radius 1 is 1.00 bits per heavy atom. The summed E-state index contributed by atoms with van der Waals surface area (Å²) in [4.78, 5) is 30.0. The van der Waals surface area contributed by atoms with Gasteiger partial charge in [-0.05, 0) is 43.9 Å². The van der Waals surface area contributed by atoms with Crippen LogP contribution in [0.4, 0.5) is 0 Å². The molecule has 0 spiro atoms. The number of nitrogens with zero attached hydrogens (tertiary/aromatic N) is 3. The molecule has 0 aliphatic carbocycles. The van der Waals surface area contributed by atoms with E-state index in [1.165, 1.54) is 6.42 Å². The zero-order valence-electron chi connectivity index (χ0n) is 14.5. The summed E-state index contributed by atoms with van der Waals surface area (Å²) >= 11 is 0. The lowest BCUT2D eigenvalue weighted by molar-refractivity contribution is 0.0750. The molecule has 6 heteroatoms. The number of benzene rings is 1. The Kier molecular flexibility index (Phi) is 4.53. The monoisotopic (exact) mass is 340 g/mol. The zero-order valence-corrected chi connectivity index (χ0v) is 14.5. The maximum absolute atomic E-state index is 12.7.